The van der Waals surface area contributed by atoms with Crippen molar-refractivity contribution in [1.82, 2.24) is 14.5 Å². The van der Waals surface area contributed by atoms with Gasteiger partial charge in [0.15, 0.2) is 5.16 Å². The van der Waals surface area contributed by atoms with Gasteiger partial charge >= 0.3 is 0 Å². The van der Waals surface area contributed by atoms with Gasteiger partial charge in [0.05, 0.1) is 35.1 Å². The summed E-state index contributed by atoms with van der Waals surface area (Å²) in [6, 6.07) is 9.91. The molecule has 4 rings (SSSR count). The van der Waals surface area contributed by atoms with Crippen molar-refractivity contribution in [1.29, 1.82) is 0 Å². The topological polar surface area (TPSA) is 64.4 Å². The Balaban J connectivity index is 1.57. The first-order chi connectivity index (χ1) is 14.4. The number of carbonyl (C=O) groups is 1. The first-order valence-electron chi connectivity index (χ1n) is 10.3. The van der Waals surface area contributed by atoms with Crippen molar-refractivity contribution < 1.29 is 9.53 Å². The summed E-state index contributed by atoms with van der Waals surface area (Å²) in [5.74, 6) is 0.327. The molecule has 0 bridgehead atoms. The highest BCUT2D eigenvalue weighted by molar-refractivity contribution is 8.00. The van der Waals surface area contributed by atoms with Gasteiger partial charge < -0.3 is 9.64 Å². The summed E-state index contributed by atoms with van der Waals surface area (Å²) in [7, 11) is 0. The first kappa shape index (κ1) is 21.5. The number of benzene rings is 1. The van der Waals surface area contributed by atoms with Crippen LogP contribution in [0.3, 0.4) is 0 Å². The summed E-state index contributed by atoms with van der Waals surface area (Å²) in [5.41, 5.74) is 1.91. The molecule has 2 aliphatic rings. The van der Waals surface area contributed by atoms with Crippen LogP contribution in [0.15, 0.2) is 45.2 Å². The quantitative estimate of drug-likeness (QED) is 0.521. The third-order valence-electron chi connectivity index (χ3n) is 5.24. The zero-order chi connectivity index (χ0) is 21.3. The fourth-order valence-electron chi connectivity index (χ4n) is 3.95. The van der Waals surface area contributed by atoms with Gasteiger partial charge in [-0.15, -0.1) is 11.8 Å². The second kappa shape index (κ2) is 9.16. The molecule has 1 saturated heterocycles. The Labute approximate surface area is 185 Å². The van der Waals surface area contributed by atoms with Crippen molar-refractivity contribution >= 4 is 29.4 Å². The van der Waals surface area contributed by atoms with E-state index in [9.17, 15) is 9.59 Å². The van der Waals surface area contributed by atoms with E-state index in [1.807, 2.05) is 49.1 Å². The van der Waals surface area contributed by atoms with Gasteiger partial charge in [-0.05, 0) is 19.4 Å². The van der Waals surface area contributed by atoms with E-state index in [0.717, 1.165) is 22.6 Å². The molecule has 30 heavy (non-hydrogen) atoms. The normalized spacial score (nSPS) is 23.4. The maximum atomic E-state index is 13.2. The number of amides is 1. The molecule has 0 saturated carbocycles. The summed E-state index contributed by atoms with van der Waals surface area (Å²) >= 11 is 2.97. The van der Waals surface area contributed by atoms with Gasteiger partial charge in [-0.2, -0.15) is 0 Å². The molecule has 1 fully saturated rings. The molecular formula is C22H27N3O3S2. The SMILES string of the molecule is CC1CN(C(=O)CSc2nc3c(c(=O)n2Cc2ccccc2)SC(C)C3)CC(C)O1. The molecule has 0 spiro atoms. The summed E-state index contributed by atoms with van der Waals surface area (Å²) < 4.78 is 7.45. The summed E-state index contributed by atoms with van der Waals surface area (Å²) in [6.45, 7) is 7.75. The van der Waals surface area contributed by atoms with Gasteiger partial charge in [0.25, 0.3) is 5.56 Å². The van der Waals surface area contributed by atoms with Crippen molar-refractivity contribution in [2.75, 3.05) is 18.8 Å². The molecule has 1 aromatic carbocycles. The maximum absolute atomic E-state index is 13.2. The second-order valence-corrected chi connectivity index (χ2v) is 10.4. The molecule has 0 N–H and O–H groups in total. The molecule has 160 valence electrons. The number of ether oxygens (including phenoxy) is 1. The lowest BCUT2D eigenvalue weighted by molar-refractivity contribution is -0.140. The highest BCUT2D eigenvalue weighted by Gasteiger charge is 2.28. The molecule has 2 aromatic rings. The highest BCUT2D eigenvalue weighted by Crippen LogP contribution is 2.34. The molecule has 1 amide bonds. The average Bonchev–Trinajstić information content (AvgIpc) is 3.09. The third-order valence-corrected chi connectivity index (χ3v) is 7.42. The van der Waals surface area contributed by atoms with Crippen molar-refractivity contribution in [3.8, 4) is 0 Å². The molecule has 0 aliphatic carbocycles. The Kier molecular flexibility index (Phi) is 6.55. The lowest BCUT2D eigenvalue weighted by atomic mass is 10.2. The lowest BCUT2D eigenvalue weighted by Crippen LogP contribution is -2.48. The van der Waals surface area contributed by atoms with Gasteiger partial charge in [0.2, 0.25) is 5.91 Å². The molecular weight excluding hydrogens is 418 g/mol. The molecule has 2 aliphatic heterocycles. The van der Waals surface area contributed by atoms with Crippen molar-refractivity contribution in [3.05, 3.63) is 51.9 Å². The van der Waals surface area contributed by atoms with Crippen LogP contribution in [-0.4, -0.2) is 56.7 Å². The summed E-state index contributed by atoms with van der Waals surface area (Å²) in [6.07, 6.45) is 0.868. The molecule has 3 atom stereocenters. The number of aromatic nitrogens is 2. The molecule has 1 aromatic heterocycles. The van der Waals surface area contributed by atoms with Gasteiger partial charge in [0.1, 0.15) is 0 Å². The monoisotopic (exact) mass is 445 g/mol. The van der Waals surface area contributed by atoms with Crippen LogP contribution in [0, 0.1) is 0 Å². The van der Waals surface area contributed by atoms with Crippen LogP contribution >= 0.6 is 23.5 Å². The Morgan fingerprint density at radius 2 is 1.90 bits per heavy atom. The number of nitrogens with zero attached hydrogens (tertiary/aromatic N) is 3. The summed E-state index contributed by atoms with van der Waals surface area (Å²) in [4.78, 5) is 33.5. The van der Waals surface area contributed by atoms with E-state index in [4.69, 9.17) is 9.72 Å². The number of fused-ring (bicyclic) bond motifs is 1. The van der Waals surface area contributed by atoms with Gasteiger partial charge in [0, 0.05) is 24.8 Å². The van der Waals surface area contributed by atoms with E-state index in [1.54, 1.807) is 16.3 Å². The predicted molar refractivity (Wildman–Crippen MR) is 120 cm³/mol. The molecule has 0 radical (unpaired) electrons. The second-order valence-electron chi connectivity index (χ2n) is 8.02. The fraction of sp³-hybridized carbons (Fsp3) is 0.500. The highest BCUT2D eigenvalue weighted by atomic mass is 32.2. The Morgan fingerprint density at radius 3 is 2.60 bits per heavy atom. The lowest BCUT2D eigenvalue weighted by Gasteiger charge is -2.35. The Hall–Kier alpha value is -1.77. The van der Waals surface area contributed by atoms with E-state index in [-0.39, 0.29) is 29.4 Å². The van der Waals surface area contributed by atoms with Crippen LogP contribution < -0.4 is 5.56 Å². The molecule has 3 heterocycles. The van der Waals surface area contributed by atoms with E-state index < -0.39 is 0 Å². The zero-order valence-electron chi connectivity index (χ0n) is 17.5. The number of thioether (sulfide) groups is 2. The largest absolute Gasteiger partial charge is 0.372 e. The van der Waals surface area contributed by atoms with Crippen molar-refractivity contribution in [3.63, 3.8) is 0 Å². The molecule has 8 heteroatoms. The predicted octanol–water partition coefficient (Wildman–Crippen LogP) is 3.06. The van der Waals surface area contributed by atoms with Crippen molar-refractivity contribution in [2.24, 2.45) is 0 Å². The number of morpholine rings is 1. The van der Waals surface area contributed by atoms with Crippen LogP contribution in [0.1, 0.15) is 32.0 Å². The third kappa shape index (κ3) is 4.76. The van der Waals surface area contributed by atoms with Gasteiger partial charge in [-0.1, -0.05) is 49.0 Å². The standard InChI is InChI=1S/C22H27N3O3S2/c1-14-10-24(11-15(2)28-14)19(26)13-29-22-23-18-9-16(3)30-20(18)21(27)25(22)12-17-7-5-4-6-8-17/h4-8,14-16H,9-13H2,1-3H3. The smallest absolute Gasteiger partial charge is 0.268 e. The van der Waals surface area contributed by atoms with Crippen LogP contribution in [0.5, 0.6) is 0 Å². The Bertz CT molecular complexity index is 970. The molecule has 6 nitrogen and oxygen atoms in total. The number of carbonyl (C=O) groups excluding carboxylic acids is 1. The van der Waals surface area contributed by atoms with E-state index in [1.165, 1.54) is 11.8 Å². The molecule has 3 unspecified atom stereocenters. The van der Waals surface area contributed by atoms with Gasteiger partial charge in [-0.25, -0.2) is 4.98 Å². The van der Waals surface area contributed by atoms with Gasteiger partial charge in [-0.3, -0.25) is 14.2 Å². The Morgan fingerprint density at radius 1 is 1.20 bits per heavy atom. The van der Waals surface area contributed by atoms with E-state index in [2.05, 4.69) is 6.92 Å². The van der Waals surface area contributed by atoms with E-state index in [0.29, 0.717) is 30.0 Å². The first-order valence-corrected chi connectivity index (χ1v) is 12.2. The average molecular weight is 446 g/mol. The number of hydrogen-bond donors (Lipinski definition) is 0. The van der Waals surface area contributed by atoms with Crippen LogP contribution in [0.2, 0.25) is 0 Å². The fourth-order valence-corrected chi connectivity index (χ4v) is 5.98. The number of hydrogen-bond acceptors (Lipinski definition) is 6. The summed E-state index contributed by atoms with van der Waals surface area (Å²) in [5, 5.41) is 0.976. The van der Waals surface area contributed by atoms with Crippen molar-refractivity contribution in [2.45, 2.75) is 61.2 Å². The minimum absolute atomic E-state index is 0.00164. The van der Waals surface area contributed by atoms with Crippen LogP contribution in [0.4, 0.5) is 0 Å². The van der Waals surface area contributed by atoms with Crippen LogP contribution in [-0.2, 0) is 22.5 Å². The minimum atomic E-state index is 0.00164. The maximum Gasteiger partial charge on any atom is 0.268 e. The van der Waals surface area contributed by atoms with E-state index >= 15 is 0 Å². The number of rotatable bonds is 5. The minimum Gasteiger partial charge on any atom is -0.372 e. The zero-order valence-corrected chi connectivity index (χ0v) is 19.2. The van der Waals surface area contributed by atoms with Crippen LogP contribution in [0.25, 0.3) is 0 Å².